The Morgan fingerprint density at radius 3 is 2.68 bits per heavy atom. The highest BCUT2D eigenvalue weighted by atomic mass is 16.1. The van der Waals surface area contributed by atoms with Crippen molar-refractivity contribution in [3.05, 3.63) is 65.5 Å². The highest BCUT2D eigenvalue weighted by Gasteiger charge is 2.15. The summed E-state index contributed by atoms with van der Waals surface area (Å²) in [6, 6.07) is 11.7. The van der Waals surface area contributed by atoms with Crippen LogP contribution in [0.5, 0.6) is 0 Å². The van der Waals surface area contributed by atoms with E-state index in [1.54, 1.807) is 24.5 Å². The monoisotopic (exact) mass is 254 g/mol. The second-order valence-electron chi connectivity index (χ2n) is 4.53. The van der Waals surface area contributed by atoms with Crippen molar-refractivity contribution in [2.24, 2.45) is 0 Å². The molecule has 1 aromatic carbocycles. The topological polar surface area (TPSA) is 42.0 Å². The Hall–Kier alpha value is -2.16. The minimum Gasteiger partial charge on any atom is -0.345 e. The first kappa shape index (κ1) is 13.3. The van der Waals surface area contributed by atoms with Gasteiger partial charge in [0, 0.05) is 12.4 Å². The van der Waals surface area contributed by atoms with Gasteiger partial charge in [0.15, 0.2) is 0 Å². The molecule has 98 valence electrons. The van der Waals surface area contributed by atoms with Crippen molar-refractivity contribution in [3.8, 4) is 0 Å². The molecule has 3 heteroatoms. The Morgan fingerprint density at radius 1 is 1.26 bits per heavy atom. The number of rotatable bonds is 4. The molecule has 1 amide bonds. The SMILES string of the molecule is CCC(NC(=O)c1cccnc1)c1ccccc1C. The van der Waals surface area contributed by atoms with Crippen LogP contribution in [0.15, 0.2) is 48.8 Å². The average Bonchev–Trinajstić information content (AvgIpc) is 2.46. The zero-order valence-electron chi connectivity index (χ0n) is 11.3. The number of pyridine rings is 1. The van der Waals surface area contributed by atoms with Crippen molar-refractivity contribution in [1.82, 2.24) is 10.3 Å². The summed E-state index contributed by atoms with van der Waals surface area (Å²) in [7, 11) is 0. The molecule has 1 atom stereocenters. The fourth-order valence-electron chi connectivity index (χ4n) is 2.12. The summed E-state index contributed by atoms with van der Waals surface area (Å²) < 4.78 is 0. The third kappa shape index (κ3) is 3.19. The smallest absolute Gasteiger partial charge is 0.253 e. The van der Waals surface area contributed by atoms with Gasteiger partial charge in [-0.25, -0.2) is 0 Å². The molecule has 2 aromatic rings. The van der Waals surface area contributed by atoms with Crippen molar-refractivity contribution in [2.75, 3.05) is 0 Å². The molecule has 0 radical (unpaired) electrons. The lowest BCUT2D eigenvalue weighted by atomic mass is 9.99. The number of aryl methyl sites for hydroxylation is 1. The van der Waals surface area contributed by atoms with Crippen LogP contribution in [0.1, 0.15) is 40.9 Å². The van der Waals surface area contributed by atoms with Gasteiger partial charge >= 0.3 is 0 Å². The number of aromatic nitrogens is 1. The Bertz CT molecular complexity index is 552. The van der Waals surface area contributed by atoms with Crippen LogP contribution in [-0.4, -0.2) is 10.9 Å². The van der Waals surface area contributed by atoms with E-state index in [-0.39, 0.29) is 11.9 Å². The van der Waals surface area contributed by atoms with Gasteiger partial charge in [0.2, 0.25) is 0 Å². The van der Waals surface area contributed by atoms with E-state index < -0.39 is 0 Å². The molecule has 0 saturated carbocycles. The van der Waals surface area contributed by atoms with Gasteiger partial charge in [0.1, 0.15) is 0 Å². The number of hydrogen-bond acceptors (Lipinski definition) is 2. The number of amides is 1. The normalized spacial score (nSPS) is 11.9. The lowest BCUT2D eigenvalue weighted by molar-refractivity contribution is 0.0935. The number of carbonyl (C=O) groups is 1. The number of carbonyl (C=O) groups excluding carboxylic acids is 1. The third-order valence-electron chi connectivity index (χ3n) is 3.20. The fraction of sp³-hybridized carbons (Fsp3) is 0.250. The minimum absolute atomic E-state index is 0.0360. The van der Waals surface area contributed by atoms with Gasteiger partial charge in [-0.2, -0.15) is 0 Å². The van der Waals surface area contributed by atoms with Gasteiger partial charge in [-0.15, -0.1) is 0 Å². The first-order chi connectivity index (χ1) is 9.22. The van der Waals surface area contributed by atoms with E-state index in [1.807, 2.05) is 12.1 Å². The van der Waals surface area contributed by atoms with Crippen molar-refractivity contribution >= 4 is 5.91 Å². The molecule has 1 aromatic heterocycles. The Labute approximate surface area is 113 Å². The van der Waals surface area contributed by atoms with E-state index in [2.05, 4.69) is 36.3 Å². The number of nitrogens with zero attached hydrogens (tertiary/aromatic N) is 1. The van der Waals surface area contributed by atoms with E-state index in [1.165, 1.54) is 11.1 Å². The van der Waals surface area contributed by atoms with E-state index in [9.17, 15) is 4.79 Å². The van der Waals surface area contributed by atoms with Crippen LogP contribution in [0.2, 0.25) is 0 Å². The maximum atomic E-state index is 12.1. The highest BCUT2D eigenvalue weighted by Crippen LogP contribution is 2.20. The molecule has 0 aliphatic heterocycles. The van der Waals surface area contributed by atoms with Gasteiger partial charge in [0.25, 0.3) is 5.91 Å². The quantitative estimate of drug-likeness (QED) is 0.909. The second kappa shape index (κ2) is 6.14. The van der Waals surface area contributed by atoms with Crippen LogP contribution >= 0.6 is 0 Å². The Morgan fingerprint density at radius 2 is 2.05 bits per heavy atom. The molecular formula is C16H18N2O. The van der Waals surface area contributed by atoms with Gasteiger partial charge in [-0.3, -0.25) is 9.78 Å². The predicted molar refractivity (Wildman–Crippen MR) is 75.9 cm³/mol. The summed E-state index contributed by atoms with van der Waals surface area (Å²) in [5.74, 6) is -0.0804. The van der Waals surface area contributed by atoms with Crippen molar-refractivity contribution in [2.45, 2.75) is 26.3 Å². The standard InChI is InChI=1S/C16H18N2O/c1-3-15(14-9-5-4-7-12(14)2)18-16(19)13-8-6-10-17-11-13/h4-11,15H,3H2,1-2H3,(H,18,19). The number of hydrogen-bond donors (Lipinski definition) is 1. The number of benzene rings is 1. The third-order valence-corrected chi connectivity index (χ3v) is 3.20. The summed E-state index contributed by atoms with van der Waals surface area (Å²) in [4.78, 5) is 16.1. The summed E-state index contributed by atoms with van der Waals surface area (Å²) in [6.45, 7) is 4.13. The number of nitrogens with one attached hydrogen (secondary N) is 1. The van der Waals surface area contributed by atoms with Crippen molar-refractivity contribution in [1.29, 1.82) is 0 Å². The molecule has 0 aliphatic rings. The molecule has 0 aliphatic carbocycles. The van der Waals surface area contributed by atoms with Gasteiger partial charge in [-0.1, -0.05) is 31.2 Å². The summed E-state index contributed by atoms with van der Waals surface area (Å²) in [5, 5.41) is 3.06. The van der Waals surface area contributed by atoms with Crippen LogP contribution in [0.3, 0.4) is 0 Å². The zero-order valence-corrected chi connectivity index (χ0v) is 11.3. The van der Waals surface area contributed by atoms with Crippen LogP contribution in [0.25, 0.3) is 0 Å². The van der Waals surface area contributed by atoms with Crippen molar-refractivity contribution in [3.63, 3.8) is 0 Å². The molecule has 19 heavy (non-hydrogen) atoms. The second-order valence-corrected chi connectivity index (χ2v) is 4.53. The molecule has 1 unspecified atom stereocenters. The minimum atomic E-state index is -0.0804. The van der Waals surface area contributed by atoms with Gasteiger partial charge in [-0.05, 0) is 36.6 Å². The first-order valence-electron chi connectivity index (χ1n) is 6.48. The van der Waals surface area contributed by atoms with E-state index in [0.717, 1.165) is 6.42 Å². The molecule has 3 nitrogen and oxygen atoms in total. The Kier molecular flexibility index (Phi) is 4.29. The molecule has 0 fully saturated rings. The first-order valence-corrected chi connectivity index (χ1v) is 6.48. The van der Waals surface area contributed by atoms with E-state index in [0.29, 0.717) is 5.56 Å². The van der Waals surface area contributed by atoms with Gasteiger partial charge in [0.05, 0.1) is 11.6 Å². The zero-order chi connectivity index (χ0) is 13.7. The molecule has 1 heterocycles. The molecule has 0 bridgehead atoms. The lowest BCUT2D eigenvalue weighted by Crippen LogP contribution is -2.28. The van der Waals surface area contributed by atoms with Crippen LogP contribution in [-0.2, 0) is 0 Å². The molecular weight excluding hydrogens is 236 g/mol. The highest BCUT2D eigenvalue weighted by molar-refractivity contribution is 5.94. The molecule has 0 spiro atoms. The fourth-order valence-corrected chi connectivity index (χ4v) is 2.12. The van der Waals surface area contributed by atoms with Crippen LogP contribution in [0, 0.1) is 6.92 Å². The molecule has 0 saturated heterocycles. The van der Waals surface area contributed by atoms with E-state index in [4.69, 9.17) is 0 Å². The van der Waals surface area contributed by atoms with Crippen LogP contribution in [0.4, 0.5) is 0 Å². The summed E-state index contributed by atoms with van der Waals surface area (Å²) >= 11 is 0. The predicted octanol–water partition coefficient (Wildman–Crippen LogP) is 3.27. The maximum absolute atomic E-state index is 12.1. The molecule has 2 rings (SSSR count). The molecule has 1 N–H and O–H groups in total. The lowest BCUT2D eigenvalue weighted by Gasteiger charge is -2.19. The average molecular weight is 254 g/mol. The largest absolute Gasteiger partial charge is 0.345 e. The van der Waals surface area contributed by atoms with Gasteiger partial charge < -0.3 is 5.32 Å². The van der Waals surface area contributed by atoms with Crippen LogP contribution < -0.4 is 5.32 Å². The maximum Gasteiger partial charge on any atom is 0.253 e. The summed E-state index contributed by atoms with van der Waals surface area (Å²) in [6.07, 6.45) is 4.10. The summed E-state index contributed by atoms with van der Waals surface area (Å²) in [5.41, 5.74) is 2.96. The van der Waals surface area contributed by atoms with Crippen molar-refractivity contribution < 1.29 is 4.79 Å². The van der Waals surface area contributed by atoms with E-state index >= 15 is 0 Å². The Balaban J connectivity index is 2.17.